The van der Waals surface area contributed by atoms with E-state index in [4.69, 9.17) is 0 Å². The van der Waals surface area contributed by atoms with Gasteiger partial charge >= 0.3 is 0 Å². The second kappa shape index (κ2) is 11.7. The first-order chi connectivity index (χ1) is 21.8. The normalized spacial score (nSPS) is 15.9. The predicted octanol–water partition coefficient (Wildman–Crippen LogP) is 9.83. The van der Waals surface area contributed by atoms with Crippen LogP contribution < -0.4 is 0 Å². The quantitative estimate of drug-likeness (QED) is 0.204. The molecular formula is C42H36N2. The summed E-state index contributed by atoms with van der Waals surface area (Å²) in [6, 6.07) is 58.7. The third-order valence-corrected chi connectivity index (χ3v) is 9.51. The molecule has 0 radical (unpaired) electrons. The Labute approximate surface area is 260 Å². The molecule has 0 fully saturated rings. The largest absolute Gasteiger partial charge is 0.286 e. The van der Waals surface area contributed by atoms with E-state index in [1.807, 2.05) is 0 Å². The van der Waals surface area contributed by atoms with E-state index in [0.29, 0.717) is 0 Å². The third-order valence-electron chi connectivity index (χ3n) is 9.51. The van der Waals surface area contributed by atoms with Gasteiger partial charge in [-0.3, -0.25) is 9.80 Å². The van der Waals surface area contributed by atoms with E-state index in [1.54, 1.807) is 0 Å². The van der Waals surface area contributed by atoms with Gasteiger partial charge in [-0.25, -0.2) is 0 Å². The maximum Gasteiger partial charge on any atom is 0.0552 e. The first kappa shape index (κ1) is 26.8. The molecule has 0 saturated carbocycles. The number of nitrogens with zero attached hydrogens (tertiary/aromatic N) is 2. The van der Waals surface area contributed by atoms with Crippen molar-refractivity contribution in [2.75, 3.05) is 0 Å². The minimum atomic E-state index is 0.121. The molecule has 0 aromatic heterocycles. The van der Waals surface area contributed by atoms with Crippen LogP contribution in [-0.2, 0) is 26.2 Å². The Morgan fingerprint density at radius 3 is 0.841 bits per heavy atom. The highest BCUT2D eigenvalue weighted by Crippen LogP contribution is 2.46. The first-order valence-corrected chi connectivity index (χ1v) is 15.7. The average Bonchev–Trinajstić information content (AvgIpc) is 3.36. The second-order valence-electron chi connectivity index (χ2n) is 12.1. The van der Waals surface area contributed by atoms with Gasteiger partial charge in [0.1, 0.15) is 0 Å². The number of benzene rings is 6. The molecule has 2 unspecified atom stereocenters. The van der Waals surface area contributed by atoms with Crippen LogP contribution in [0.3, 0.4) is 0 Å². The molecule has 0 amide bonds. The summed E-state index contributed by atoms with van der Waals surface area (Å²) >= 11 is 0. The van der Waals surface area contributed by atoms with Crippen LogP contribution in [0.25, 0.3) is 22.3 Å². The van der Waals surface area contributed by atoms with Gasteiger partial charge < -0.3 is 0 Å². The molecular weight excluding hydrogens is 532 g/mol. The summed E-state index contributed by atoms with van der Waals surface area (Å²) in [6.45, 7) is 3.53. The standard InChI is InChI=1S/C42H36N2/c1-3-15-31(16-4-1)41(43-27-33-19-7-11-23-37(33)38-24-12-8-20-34(38)28-43)42(32-17-5-2-6-18-32)44-29-35-21-9-13-25-39(35)40-26-14-10-22-36(40)30-44/h1-26,41-42H,27-30H2. The van der Waals surface area contributed by atoms with E-state index in [-0.39, 0.29) is 12.1 Å². The summed E-state index contributed by atoms with van der Waals surface area (Å²) < 4.78 is 0. The van der Waals surface area contributed by atoms with Crippen LogP contribution in [0.5, 0.6) is 0 Å². The van der Waals surface area contributed by atoms with Crippen molar-refractivity contribution in [1.82, 2.24) is 9.80 Å². The molecule has 2 heterocycles. The Hall–Kier alpha value is -4.76. The lowest BCUT2D eigenvalue weighted by atomic mass is 9.89. The highest BCUT2D eigenvalue weighted by atomic mass is 15.3. The van der Waals surface area contributed by atoms with E-state index in [9.17, 15) is 0 Å². The molecule has 0 aliphatic carbocycles. The number of fused-ring (bicyclic) bond motifs is 6. The summed E-state index contributed by atoms with van der Waals surface area (Å²) in [4.78, 5) is 5.47. The fourth-order valence-electron chi connectivity index (χ4n) is 7.55. The van der Waals surface area contributed by atoms with Crippen molar-refractivity contribution in [3.63, 3.8) is 0 Å². The lowest BCUT2D eigenvalue weighted by molar-refractivity contribution is 0.0561. The Balaban J connectivity index is 1.33. The molecule has 2 aliphatic rings. The lowest BCUT2D eigenvalue weighted by Crippen LogP contribution is -2.40. The molecule has 0 saturated heterocycles. The van der Waals surface area contributed by atoms with Crippen LogP contribution in [0.4, 0.5) is 0 Å². The zero-order valence-corrected chi connectivity index (χ0v) is 24.9. The smallest absolute Gasteiger partial charge is 0.0552 e. The van der Waals surface area contributed by atoms with Crippen molar-refractivity contribution in [2.24, 2.45) is 0 Å². The second-order valence-corrected chi connectivity index (χ2v) is 12.1. The van der Waals surface area contributed by atoms with Crippen molar-refractivity contribution >= 4 is 0 Å². The fourth-order valence-corrected chi connectivity index (χ4v) is 7.55. The van der Waals surface area contributed by atoms with Crippen LogP contribution in [0.1, 0.15) is 45.5 Å². The van der Waals surface area contributed by atoms with Gasteiger partial charge in [0.15, 0.2) is 0 Å². The molecule has 0 N–H and O–H groups in total. The van der Waals surface area contributed by atoms with E-state index in [0.717, 1.165) is 26.2 Å². The molecule has 2 nitrogen and oxygen atoms in total. The molecule has 44 heavy (non-hydrogen) atoms. The molecule has 8 rings (SSSR count). The molecule has 2 heteroatoms. The maximum atomic E-state index is 2.74. The van der Waals surface area contributed by atoms with Crippen LogP contribution in [0.15, 0.2) is 158 Å². The predicted molar refractivity (Wildman–Crippen MR) is 181 cm³/mol. The summed E-state index contributed by atoms with van der Waals surface area (Å²) in [6.07, 6.45) is 0. The number of hydrogen-bond acceptors (Lipinski definition) is 2. The minimum Gasteiger partial charge on any atom is -0.286 e. The Kier molecular flexibility index (Phi) is 7.15. The monoisotopic (exact) mass is 568 g/mol. The minimum absolute atomic E-state index is 0.121. The maximum absolute atomic E-state index is 2.74. The Morgan fingerprint density at radius 1 is 0.295 bits per heavy atom. The van der Waals surface area contributed by atoms with Gasteiger partial charge in [-0.1, -0.05) is 158 Å². The molecule has 0 bridgehead atoms. The third kappa shape index (κ3) is 4.97. The lowest BCUT2D eigenvalue weighted by Gasteiger charge is -2.43. The first-order valence-electron chi connectivity index (χ1n) is 15.7. The van der Waals surface area contributed by atoms with Gasteiger partial charge in [-0.15, -0.1) is 0 Å². The van der Waals surface area contributed by atoms with Gasteiger partial charge in [0.05, 0.1) is 12.1 Å². The van der Waals surface area contributed by atoms with Crippen molar-refractivity contribution < 1.29 is 0 Å². The van der Waals surface area contributed by atoms with Crippen LogP contribution in [0.2, 0.25) is 0 Å². The summed E-state index contributed by atoms with van der Waals surface area (Å²) in [5.74, 6) is 0. The number of rotatable bonds is 5. The van der Waals surface area contributed by atoms with Gasteiger partial charge in [-0.05, 0) is 55.6 Å². The van der Waals surface area contributed by atoms with Gasteiger partial charge in [0.25, 0.3) is 0 Å². The highest BCUT2D eigenvalue weighted by molar-refractivity contribution is 5.72. The zero-order chi connectivity index (χ0) is 29.3. The SMILES string of the molecule is c1ccc(C(C(c2ccccc2)N2Cc3ccccc3-c3ccccc3C2)N2Cc3ccccc3-c3ccccc3C2)cc1. The average molecular weight is 569 g/mol. The van der Waals surface area contributed by atoms with Crippen LogP contribution in [0, 0.1) is 0 Å². The van der Waals surface area contributed by atoms with E-state index in [2.05, 4.69) is 168 Å². The fraction of sp³-hybridized carbons (Fsp3) is 0.143. The molecule has 6 aromatic rings. The molecule has 2 aliphatic heterocycles. The van der Waals surface area contributed by atoms with E-state index < -0.39 is 0 Å². The van der Waals surface area contributed by atoms with Crippen LogP contribution >= 0.6 is 0 Å². The van der Waals surface area contributed by atoms with E-state index in [1.165, 1.54) is 55.6 Å². The van der Waals surface area contributed by atoms with Gasteiger partial charge in [0, 0.05) is 26.2 Å². The molecule has 214 valence electrons. The molecule has 0 spiro atoms. The topological polar surface area (TPSA) is 6.48 Å². The van der Waals surface area contributed by atoms with Crippen molar-refractivity contribution in [1.29, 1.82) is 0 Å². The Morgan fingerprint density at radius 2 is 0.545 bits per heavy atom. The van der Waals surface area contributed by atoms with Gasteiger partial charge in [0.2, 0.25) is 0 Å². The van der Waals surface area contributed by atoms with Crippen molar-refractivity contribution in [2.45, 2.75) is 38.3 Å². The molecule has 2 atom stereocenters. The van der Waals surface area contributed by atoms with Gasteiger partial charge in [-0.2, -0.15) is 0 Å². The van der Waals surface area contributed by atoms with Crippen LogP contribution in [-0.4, -0.2) is 9.80 Å². The van der Waals surface area contributed by atoms with E-state index >= 15 is 0 Å². The Bertz CT molecular complexity index is 1660. The zero-order valence-electron chi connectivity index (χ0n) is 24.9. The highest BCUT2D eigenvalue weighted by Gasteiger charge is 2.37. The summed E-state index contributed by atoms with van der Waals surface area (Å²) in [7, 11) is 0. The van der Waals surface area contributed by atoms with Crippen molar-refractivity contribution in [3.8, 4) is 22.3 Å². The van der Waals surface area contributed by atoms with Crippen molar-refractivity contribution in [3.05, 3.63) is 191 Å². The summed E-state index contributed by atoms with van der Waals surface area (Å²) in [5, 5.41) is 0. The summed E-state index contributed by atoms with van der Waals surface area (Å²) in [5.41, 5.74) is 13.7. The molecule has 6 aromatic carbocycles. The number of hydrogen-bond donors (Lipinski definition) is 0.